The topological polar surface area (TPSA) is 73.1 Å². The quantitative estimate of drug-likeness (QED) is 0.275. The predicted molar refractivity (Wildman–Crippen MR) is 112 cm³/mol. The number of nitrogens with one attached hydrogen (secondary N) is 1. The van der Waals surface area contributed by atoms with E-state index in [9.17, 15) is 4.79 Å². The normalized spacial score (nSPS) is 10.6. The number of rotatable bonds is 8. The molecule has 1 N–H and O–H groups in total. The highest BCUT2D eigenvalue weighted by atomic mass is 16.5. The van der Waals surface area contributed by atoms with Crippen LogP contribution in [0.15, 0.2) is 64.6 Å². The Morgan fingerprint density at radius 1 is 1.34 bits per heavy atom. The largest absolute Gasteiger partial charge is 0.493 e. The Bertz CT molecular complexity index is 1070. The van der Waals surface area contributed by atoms with Crippen molar-refractivity contribution in [2.45, 2.75) is 6.42 Å². The van der Waals surface area contributed by atoms with E-state index in [2.05, 4.69) is 23.0 Å². The van der Waals surface area contributed by atoms with E-state index in [0.29, 0.717) is 23.5 Å². The summed E-state index contributed by atoms with van der Waals surface area (Å²) in [5.41, 5.74) is 4.67. The number of terminal acetylenes is 1. The van der Waals surface area contributed by atoms with Gasteiger partial charge < -0.3 is 13.9 Å². The maximum absolute atomic E-state index is 12.3. The van der Waals surface area contributed by atoms with Gasteiger partial charge in [0.05, 0.1) is 13.3 Å². The van der Waals surface area contributed by atoms with Gasteiger partial charge in [-0.2, -0.15) is 5.10 Å². The van der Waals surface area contributed by atoms with Crippen LogP contribution in [0, 0.1) is 12.3 Å². The van der Waals surface area contributed by atoms with Crippen molar-refractivity contribution in [3.05, 3.63) is 72.0 Å². The maximum atomic E-state index is 12.3. The second-order valence-electron chi connectivity index (χ2n) is 6.04. The van der Waals surface area contributed by atoms with Crippen molar-refractivity contribution in [2.24, 2.45) is 5.10 Å². The van der Waals surface area contributed by atoms with Crippen LogP contribution in [-0.2, 0) is 6.42 Å². The maximum Gasteiger partial charge on any atom is 0.307 e. The molecule has 0 bridgehead atoms. The summed E-state index contributed by atoms with van der Waals surface area (Å²) in [6, 6.07) is 12.7. The second kappa shape index (κ2) is 9.29. The number of benzene rings is 2. The lowest BCUT2D eigenvalue weighted by Crippen LogP contribution is -2.16. The van der Waals surface area contributed by atoms with Crippen LogP contribution in [0.3, 0.4) is 0 Å². The highest BCUT2D eigenvalue weighted by molar-refractivity contribution is 5.96. The minimum absolute atomic E-state index is 0.126. The molecule has 0 radical (unpaired) electrons. The molecule has 1 aromatic heterocycles. The molecule has 3 aromatic rings. The van der Waals surface area contributed by atoms with Crippen LogP contribution in [0.5, 0.6) is 11.5 Å². The van der Waals surface area contributed by atoms with Crippen LogP contribution in [0.1, 0.15) is 21.7 Å². The molecule has 2 aromatic carbocycles. The number of nitrogens with zero attached hydrogens (tertiary/aromatic N) is 1. The van der Waals surface area contributed by atoms with Gasteiger partial charge in [-0.1, -0.05) is 30.2 Å². The molecule has 0 aliphatic rings. The zero-order valence-electron chi connectivity index (χ0n) is 16.0. The third-order valence-corrected chi connectivity index (χ3v) is 4.07. The summed E-state index contributed by atoms with van der Waals surface area (Å²) in [5.74, 6) is 3.27. The molecule has 6 heteroatoms. The van der Waals surface area contributed by atoms with E-state index in [1.165, 1.54) is 6.21 Å². The summed E-state index contributed by atoms with van der Waals surface area (Å²) >= 11 is 0. The van der Waals surface area contributed by atoms with Crippen LogP contribution in [0.25, 0.3) is 11.0 Å². The highest BCUT2D eigenvalue weighted by Crippen LogP contribution is 2.33. The Morgan fingerprint density at radius 3 is 2.90 bits per heavy atom. The van der Waals surface area contributed by atoms with Crippen molar-refractivity contribution < 1.29 is 18.7 Å². The monoisotopic (exact) mass is 388 g/mol. The van der Waals surface area contributed by atoms with Crippen LogP contribution in [0.4, 0.5) is 0 Å². The Balaban J connectivity index is 1.78. The fourth-order valence-electron chi connectivity index (χ4n) is 2.81. The molecule has 0 spiro atoms. The molecule has 1 amide bonds. The molecule has 29 heavy (non-hydrogen) atoms. The molecule has 0 saturated carbocycles. The van der Waals surface area contributed by atoms with Crippen molar-refractivity contribution in [2.75, 3.05) is 13.7 Å². The number of hydrogen-bond acceptors (Lipinski definition) is 5. The molecular weight excluding hydrogens is 368 g/mol. The molecule has 0 fully saturated rings. The summed E-state index contributed by atoms with van der Waals surface area (Å²) < 4.78 is 16.5. The number of hydrogen-bond donors (Lipinski definition) is 1. The number of amides is 1. The van der Waals surface area contributed by atoms with Gasteiger partial charge in [0.15, 0.2) is 17.3 Å². The Morgan fingerprint density at radius 2 is 2.17 bits per heavy atom. The SMILES string of the molecule is C#CCOc1c(CC=C)cc(/C=N\NC(=O)c2cc3ccccc3o2)cc1OC. The summed E-state index contributed by atoms with van der Waals surface area (Å²) in [7, 11) is 1.54. The van der Waals surface area contributed by atoms with Crippen LogP contribution < -0.4 is 14.9 Å². The van der Waals surface area contributed by atoms with E-state index < -0.39 is 5.91 Å². The minimum Gasteiger partial charge on any atom is -0.493 e. The van der Waals surface area contributed by atoms with Gasteiger partial charge in [0.1, 0.15) is 12.2 Å². The minimum atomic E-state index is -0.440. The van der Waals surface area contributed by atoms with E-state index in [4.69, 9.17) is 20.3 Å². The van der Waals surface area contributed by atoms with Crippen LogP contribution in [-0.4, -0.2) is 25.8 Å². The molecule has 0 saturated heterocycles. The fourth-order valence-corrected chi connectivity index (χ4v) is 2.81. The molecule has 3 rings (SSSR count). The fraction of sp³-hybridized carbons (Fsp3) is 0.130. The van der Waals surface area contributed by atoms with Gasteiger partial charge in [-0.05, 0) is 36.2 Å². The van der Waals surface area contributed by atoms with E-state index in [-0.39, 0.29) is 12.4 Å². The third-order valence-electron chi connectivity index (χ3n) is 4.07. The average Bonchev–Trinajstić information content (AvgIpc) is 3.17. The first-order chi connectivity index (χ1) is 14.2. The number of furan rings is 1. The van der Waals surface area contributed by atoms with Gasteiger partial charge in [-0.25, -0.2) is 5.43 Å². The molecule has 0 unspecified atom stereocenters. The lowest BCUT2D eigenvalue weighted by Gasteiger charge is -2.14. The van der Waals surface area contributed by atoms with E-state index >= 15 is 0 Å². The number of hydrazone groups is 1. The van der Waals surface area contributed by atoms with Gasteiger partial charge in [0.25, 0.3) is 0 Å². The zero-order chi connectivity index (χ0) is 20.6. The van der Waals surface area contributed by atoms with Crippen molar-refractivity contribution >= 4 is 23.1 Å². The molecular formula is C23H20N2O4. The molecule has 0 atom stereocenters. The lowest BCUT2D eigenvalue weighted by atomic mass is 10.1. The summed E-state index contributed by atoms with van der Waals surface area (Å²) in [6.07, 6.45) is 9.11. The van der Waals surface area contributed by atoms with E-state index in [0.717, 1.165) is 16.5 Å². The Labute approximate surface area is 168 Å². The van der Waals surface area contributed by atoms with Crippen molar-refractivity contribution in [1.29, 1.82) is 0 Å². The van der Waals surface area contributed by atoms with E-state index in [1.54, 1.807) is 31.4 Å². The van der Waals surface area contributed by atoms with Crippen molar-refractivity contribution in [1.82, 2.24) is 5.43 Å². The number of methoxy groups -OCH3 is 1. The summed E-state index contributed by atoms with van der Waals surface area (Å²) in [6.45, 7) is 3.89. The van der Waals surface area contributed by atoms with E-state index in [1.807, 2.05) is 24.3 Å². The second-order valence-corrected chi connectivity index (χ2v) is 6.04. The van der Waals surface area contributed by atoms with Gasteiger partial charge >= 0.3 is 5.91 Å². The average molecular weight is 388 g/mol. The number of carbonyl (C=O) groups is 1. The smallest absolute Gasteiger partial charge is 0.307 e. The molecule has 0 aliphatic heterocycles. The van der Waals surface area contributed by atoms with Gasteiger partial charge in [-0.3, -0.25) is 4.79 Å². The zero-order valence-corrected chi connectivity index (χ0v) is 16.0. The predicted octanol–water partition coefficient (Wildman–Crippen LogP) is 3.95. The third kappa shape index (κ3) is 4.66. The molecule has 0 aliphatic carbocycles. The number of allylic oxidation sites excluding steroid dienone is 1. The molecule has 146 valence electrons. The number of carbonyl (C=O) groups excluding carboxylic acids is 1. The van der Waals surface area contributed by atoms with Gasteiger partial charge in [-0.15, -0.1) is 13.0 Å². The standard InChI is InChI=1S/C23H20N2O4/c1-4-8-18-12-16(13-20(27-3)22(18)28-11-5-2)15-24-25-23(26)21-14-17-9-6-7-10-19(17)29-21/h2,4,6-7,9-10,12-15H,1,8,11H2,3H3,(H,25,26)/b24-15-. The van der Waals surface area contributed by atoms with Gasteiger partial charge in [0.2, 0.25) is 0 Å². The number of para-hydroxylation sites is 1. The summed E-state index contributed by atoms with van der Waals surface area (Å²) in [5, 5.41) is 4.87. The van der Waals surface area contributed by atoms with Gasteiger partial charge in [0, 0.05) is 10.9 Å². The first kappa shape index (κ1) is 19.8. The van der Waals surface area contributed by atoms with Crippen molar-refractivity contribution in [3.63, 3.8) is 0 Å². The highest BCUT2D eigenvalue weighted by Gasteiger charge is 2.13. The number of ether oxygens (including phenoxy) is 2. The Hall–Kier alpha value is -3.98. The lowest BCUT2D eigenvalue weighted by molar-refractivity contribution is 0.0929. The van der Waals surface area contributed by atoms with Crippen LogP contribution in [0.2, 0.25) is 0 Å². The summed E-state index contributed by atoms with van der Waals surface area (Å²) in [4.78, 5) is 12.3. The molecule has 6 nitrogen and oxygen atoms in total. The van der Waals surface area contributed by atoms with Crippen molar-refractivity contribution in [3.8, 4) is 23.8 Å². The Kier molecular flexibility index (Phi) is 6.33. The van der Waals surface area contributed by atoms with Crippen LogP contribution >= 0.6 is 0 Å². The first-order valence-electron chi connectivity index (χ1n) is 8.86. The first-order valence-corrected chi connectivity index (χ1v) is 8.86. The molecule has 1 heterocycles. The number of fused-ring (bicyclic) bond motifs is 1.